The van der Waals surface area contributed by atoms with Crippen LogP contribution in [0.25, 0.3) is 21.1 Å². The Morgan fingerprint density at radius 3 is 2.88 bits per heavy atom. The number of hydrogen-bond donors (Lipinski definition) is 1. The van der Waals surface area contributed by atoms with Crippen LogP contribution >= 0.6 is 11.3 Å². The molecule has 4 heterocycles. The minimum Gasteiger partial charge on any atom is -0.395 e. The van der Waals surface area contributed by atoms with Gasteiger partial charge in [0.2, 0.25) is 0 Å². The number of rotatable bonds is 6. The Labute approximate surface area is 191 Å². The fraction of sp³-hybridized carbons (Fsp3) is 0.320. The van der Waals surface area contributed by atoms with Crippen LogP contribution in [0.2, 0.25) is 0 Å². The van der Waals surface area contributed by atoms with Crippen molar-refractivity contribution in [1.29, 1.82) is 0 Å². The van der Waals surface area contributed by atoms with E-state index in [0.717, 1.165) is 57.6 Å². The molecular weight excluding hydrogens is 420 g/mol. The van der Waals surface area contributed by atoms with Crippen LogP contribution in [0.15, 0.2) is 54.9 Å². The molecule has 1 N–H and O–H groups in total. The Kier molecular flexibility index (Phi) is 5.87. The van der Waals surface area contributed by atoms with Crippen LogP contribution in [0.4, 0.5) is 0 Å². The molecule has 7 heteroatoms. The molecule has 1 saturated heterocycles. The van der Waals surface area contributed by atoms with Crippen LogP contribution in [-0.4, -0.2) is 64.1 Å². The molecule has 1 unspecified atom stereocenters. The van der Waals surface area contributed by atoms with Crippen LogP contribution in [0.3, 0.4) is 0 Å². The van der Waals surface area contributed by atoms with Crippen molar-refractivity contribution in [3.63, 3.8) is 0 Å². The van der Waals surface area contributed by atoms with Crippen LogP contribution in [0.5, 0.6) is 0 Å². The molecule has 164 valence electrons. The average molecular weight is 447 g/mol. The number of likely N-dealkylation sites (N-methyl/N-ethyl adjacent to an activating group) is 1. The molecule has 3 aromatic heterocycles. The number of amides is 1. The maximum absolute atomic E-state index is 13.2. The van der Waals surface area contributed by atoms with Crippen molar-refractivity contribution in [1.82, 2.24) is 19.8 Å². The van der Waals surface area contributed by atoms with E-state index in [2.05, 4.69) is 45.2 Å². The number of para-hydroxylation sites is 1. The largest absolute Gasteiger partial charge is 0.395 e. The molecule has 0 saturated carbocycles. The zero-order valence-corrected chi connectivity index (χ0v) is 18.9. The first-order valence-electron chi connectivity index (χ1n) is 10.9. The van der Waals surface area contributed by atoms with Gasteiger partial charge in [0.1, 0.15) is 4.83 Å². The number of aliphatic hydroxyl groups excluding tert-OH is 1. The van der Waals surface area contributed by atoms with Crippen molar-refractivity contribution in [2.75, 3.05) is 33.3 Å². The van der Waals surface area contributed by atoms with E-state index < -0.39 is 0 Å². The second kappa shape index (κ2) is 8.94. The highest BCUT2D eigenvalue weighted by Crippen LogP contribution is 2.40. The number of carbonyl (C=O) groups excluding carboxylic acids is 1. The summed E-state index contributed by atoms with van der Waals surface area (Å²) in [6.07, 6.45) is 4.63. The number of benzene rings is 1. The van der Waals surface area contributed by atoms with Crippen molar-refractivity contribution in [2.45, 2.75) is 18.9 Å². The number of pyridine rings is 2. The molecule has 1 fully saturated rings. The van der Waals surface area contributed by atoms with Gasteiger partial charge in [-0.15, -0.1) is 11.3 Å². The molecule has 1 aliphatic rings. The first-order chi connectivity index (χ1) is 15.7. The number of fused-ring (bicyclic) bond motifs is 2. The minimum absolute atomic E-state index is 0.0336. The van der Waals surface area contributed by atoms with Gasteiger partial charge < -0.3 is 10.0 Å². The summed E-state index contributed by atoms with van der Waals surface area (Å²) in [4.78, 5) is 28.0. The summed E-state index contributed by atoms with van der Waals surface area (Å²) in [6.45, 7) is 3.00. The van der Waals surface area contributed by atoms with Gasteiger partial charge in [-0.25, -0.2) is 4.98 Å². The number of hydrogen-bond acceptors (Lipinski definition) is 6. The van der Waals surface area contributed by atoms with Gasteiger partial charge in [-0.2, -0.15) is 0 Å². The van der Waals surface area contributed by atoms with Gasteiger partial charge in [0, 0.05) is 55.8 Å². The highest BCUT2D eigenvalue weighted by Gasteiger charge is 2.32. The normalized spacial score (nSPS) is 16.8. The van der Waals surface area contributed by atoms with Crippen LogP contribution < -0.4 is 0 Å². The summed E-state index contributed by atoms with van der Waals surface area (Å²) < 4.78 is 0. The van der Waals surface area contributed by atoms with Crippen molar-refractivity contribution in [3.8, 4) is 0 Å². The lowest BCUT2D eigenvalue weighted by atomic mass is 9.95. The zero-order chi connectivity index (χ0) is 22.1. The third kappa shape index (κ3) is 3.88. The van der Waals surface area contributed by atoms with Gasteiger partial charge in [0.15, 0.2) is 0 Å². The van der Waals surface area contributed by atoms with Gasteiger partial charge in [0.25, 0.3) is 5.91 Å². The SMILES string of the molecule is CN(CCO)C(=O)c1sc2ncccc2c1C1CCN(Cc2cccc3cccnc23)C1. The van der Waals surface area contributed by atoms with Crippen molar-refractivity contribution in [3.05, 3.63) is 70.9 Å². The molecule has 6 nitrogen and oxygen atoms in total. The summed E-state index contributed by atoms with van der Waals surface area (Å²) in [5.74, 6) is 0.242. The molecule has 5 rings (SSSR count). The number of thiophene rings is 1. The van der Waals surface area contributed by atoms with Gasteiger partial charge in [-0.05, 0) is 36.2 Å². The lowest BCUT2D eigenvalue weighted by Crippen LogP contribution is -2.29. The van der Waals surface area contributed by atoms with E-state index >= 15 is 0 Å². The third-order valence-electron chi connectivity index (χ3n) is 6.27. The van der Waals surface area contributed by atoms with Crippen LogP contribution in [0.1, 0.15) is 33.1 Å². The highest BCUT2D eigenvalue weighted by molar-refractivity contribution is 7.20. The summed E-state index contributed by atoms with van der Waals surface area (Å²) >= 11 is 1.47. The number of aromatic nitrogens is 2. The van der Waals surface area contributed by atoms with Crippen LogP contribution in [-0.2, 0) is 6.54 Å². The van der Waals surface area contributed by atoms with E-state index in [-0.39, 0.29) is 18.4 Å². The van der Waals surface area contributed by atoms with E-state index in [1.54, 1.807) is 18.1 Å². The second-order valence-electron chi connectivity index (χ2n) is 8.36. The molecule has 1 amide bonds. The van der Waals surface area contributed by atoms with Crippen molar-refractivity contribution >= 4 is 38.4 Å². The summed E-state index contributed by atoms with van der Waals surface area (Å²) in [7, 11) is 1.74. The van der Waals surface area contributed by atoms with E-state index in [1.807, 2.05) is 18.3 Å². The van der Waals surface area contributed by atoms with E-state index in [1.165, 1.54) is 16.9 Å². The van der Waals surface area contributed by atoms with Gasteiger partial charge in [0.05, 0.1) is 17.0 Å². The Morgan fingerprint density at radius 2 is 2.00 bits per heavy atom. The molecule has 0 spiro atoms. The first kappa shape index (κ1) is 21.0. The molecular formula is C25H26N4O2S. The lowest BCUT2D eigenvalue weighted by molar-refractivity contribution is 0.0770. The first-order valence-corrected chi connectivity index (χ1v) is 11.8. The summed E-state index contributed by atoms with van der Waals surface area (Å²) in [5, 5.41) is 11.5. The Bertz CT molecular complexity index is 1270. The Morgan fingerprint density at radius 1 is 1.19 bits per heavy atom. The topological polar surface area (TPSA) is 69.6 Å². The molecule has 1 aromatic carbocycles. The Balaban J connectivity index is 1.44. The molecule has 0 aliphatic carbocycles. The molecule has 4 aromatic rings. The standard InChI is InChI=1S/C25H26N4O2S/c1-28(13-14-30)25(31)23-21(20-8-4-11-27-24(20)32-23)18-9-12-29(15-18)16-19-6-2-5-17-7-3-10-26-22(17)19/h2-8,10-11,18,30H,9,12-16H2,1H3. The van der Waals surface area contributed by atoms with Gasteiger partial charge in [-0.3, -0.25) is 14.7 Å². The summed E-state index contributed by atoms with van der Waals surface area (Å²) in [6, 6.07) is 14.4. The zero-order valence-electron chi connectivity index (χ0n) is 18.1. The highest BCUT2D eigenvalue weighted by atomic mass is 32.1. The van der Waals surface area contributed by atoms with E-state index in [9.17, 15) is 9.90 Å². The maximum Gasteiger partial charge on any atom is 0.264 e. The minimum atomic E-state index is -0.0447. The van der Waals surface area contributed by atoms with Gasteiger partial charge in [-0.1, -0.05) is 30.3 Å². The monoisotopic (exact) mass is 446 g/mol. The Hall–Kier alpha value is -2.87. The molecule has 0 bridgehead atoms. The van der Waals surface area contributed by atoms with Crippen molar-refractivity contribution in [2.24, 2.45) is 0 Å². The van der Waals surface area contributed by atoms with E-state index in [4.69, 9.17) is 0 Å². The van der Waals surface area contributed by atoms with Crippen LogP contribution in [0, 0.1) is 0 Å². The number of nitrogens with zero attached hydrogens (tertiary/aromatic N) is 4. The average Bonchev–Trinajstić information content (AvgIpc) is 3.43. The maximum atomic E-state index is 13.2. The molecule has 32 heavy (non-hydrogen) atoms. The molecule has 1 atom stereocenters. The number of aliphatic hydroxyl groups is 1. The number of likely N-dealkylation sites (tertiary alicyclic amines) is 1. The predicted octanol–water partition coefficient (Wildman–Crippen LogP) is 3.90. The smallest absolute Gasteiger partial charge is 0.264 e. The number of carbonyl (C=O) groups is 1. The van der Waals surface area contributed by atoms with E-state index in [0.29, 0.717) is 6.54 Å². The predicted molar refractivity (Wildman–Crippen MR) is 128 cm³/mol. The summed E-state index contributed by atoms with van der Waals surface area (Å²) in [5.41, 5.74) is 3.41. The molecule has 0 radical (unpaired) electrons. The third-order valence-corrected chi connectivity index (χ3v) is 7.39. The molecule has 1 aliphatic heterocycles. The second-order valence-corrected chi connectivity index (χ2v) is 9.36. The fourth-order valence-corrected chi connectivity index (χ4v) is 5.91. The quantitative estimate of drug-likeness (QED) is 0.487. The fourth-order valence-electron chi connectivity index (χ4n) is 4.69. The van der Waals surface area contributed by atoms with Crippen molar-refractivity contribution < 1.29 is 9.90 Å². The lowest BCUT2D eigenvalue weighted by Gasteiger charge is -2.19. The van der Waals surface area contributed by atoms with Gasteiger partial charge >= 0.3 is 0 Å².